The molecule has 0 saturated heterocycles. The molecule has 0 spiro atoms. The van der Waals surface area contributed by atoms with Crippen molar-refractivity contribution in [2.24, 2.45) is 10.5 Å². The van der Waals surface area contributed by atoms with Gasteiger partial charge in [-0.05, 0) is 50.2 Å². The fourth-order valence-corrected chi connectivity index (χ4v) is 3.75. The van der Waals surface area contributed by atoms with Gasteiger partial charge in [0.1, 0.15) is 5.41 Å². The zero-order chi connectivity index (χ0) is 23.7. The van der Waals surface area contributed by atoms with Gasteiger partial charge in [0.2, 0.25) is 0 Å². The highest BCUT2D eigenvalue weighted by Gasteiger charge is 2.49. The van der Waals surface area contributed by atoms with Gasteiger partial charge in [-0.15, -0.1) is 0 Å². The Hall–Kier alpha value is -2.59. The summed E-state index contributed by atoms with van der Waals surface area (Å²) in [5.74, 6) is -0.659. The number of esters is 1. The van der Waals surface area contributed by atoms with Crippen molar-refractivity contribution in [2.75, 3.05) is 18.5 Å². The van der Waals surface area contributed by atoms with E-state index in [4.69, 9.17) is 16.3 Å². The third kappa shape index (κ3) is 4.91. The average molecular weight is 533 g/mol. The van der Waals surface area contributed by atoms with Crippen molar-refractivity contribution in [3.8, 4) is 0 Å². The quantitative estimate of drug-likeness (QED) is 0.495. The summed E-state index contributed by atoms with van der Waals surface area (Å²) in [7, 11) is 0. The molecule has 2 amide bonds. The first-order chi connectivity index (χ1) is 15.0. The van der Waals surface area contributed by atoms with E-state index in [-0.39, 0.29) is 24.4 Å². The Morgan fingerprint density at radius 1 is 1.25 bits per heavy atom. The lowest BCUT2D eigenvalue weighted by atomic mass is 9.82. The van der Waals surface area contributed by atoms with E-state index in [0.29, 0.717) is 5.69 Å². The highest BCUT2D eigenvalue weighted by Crippen LogP contribution is 2.38. The normalized spacial score (nSPS) is 18.3. The molecule has 2 aromatic rings. The average Bonchev–Trinajstić information content (AvgIpc) is 3.08. The second kappa shape index (κ2) is 9.11. The predicted octanol–water partition coefficient (Wildman–Crippen LogP) is 5.94. The van der Waals surface area contributed by atoms with Crippen LogP contribution in [0, 0.1) is 5.41 Å². The number of hydrazone groups is 1. The molecule has 0 bridgehead atoms. The number of amides is 2. The van der Waals surface area contributed by atoms with Crippen molar-refractivity contribution in [3.63, 3.8) is 0 Å². The smallest absolute Gasteiger partial charge is 0.417 e. The summed E-state index contributed by atoms with van der Waals surface area (Å²) < 4.78 is 45.2. The van der Waals surface area contributed by atoms with Crippen LogP contribution in [0.3, 0.4) is 0 Å². The molecule has 3 rings (SSSR count). The molecule has 1 heterocycles. The third-order valence-corrected chi connectivity index (χ3v) is 5.65. The Labute approximate surface area is 195 Å². The van der Waals surface area contributed by atoms with Crippen LogP contribution >= 0.6 is 27.5 Å². The van der Waals surface area contributed by atoms with E-state index in [1.54, 1.807) is 31.2 Å². The number of benzene rings is 2. The molecule has 32 heavy (non-hydrogen) atoms. The summed E-state index contributed by atoms with van der Waals surface area (Å²) in [5, 5.41) is 7.42. The molecule has 6 nitrogen and oxygen atoms in total. The number of nitrogens with one attached hydrogen (secondary N) is 1. The Morgan fingerprint density at radius 3 is 2.47 bits per heavy atom. The minimum atomic E-state index is -4.63. The van der Waals surface area contributed by atoms with Crippen LogP contribution in [0.2, 0.25) is 5.02 Å². The van der Waals surface area contributed by atoms with E-state index in [2.05, 4.69) is 26.3 Å². The van der Waals surface area contributed by atoms with Crippen molar-refractivity contribution in [3.05, 3.63) is 63.1 Å². The molecule has 2 aromatic carbocycles. The molecular formula is C21H18BrClF3N3O3. The Kier molecular flexibility index (Phi) is 6.85. The minimum absolute atomic E-state index is 0.0810. The van der Waals surface area contributed by atoms with Gasteiger partial charge in [-0.25, -0.2) is 9.80 Å². The SMILES string of the molecule is CCOC(=O)C1(C)CN(C(=O)Nc2ccc(Br)cc2)N=C1c1ccc(C(F)(F)F)c(Cl)c1. The Balaban J connectivity index is 1.97. The maximum absolute atomic E-state index is 13.1. The molecule has 0 aliphatic carbocycles. The molecule has 1 aliphatic rings. The summed E-state index contributed by atoms with van der Waals surface area (Å²) in [4.78, 5) is 25.5. The van der Waals surface area contributed by atoms with Crippen molar-refractivity contribution in [2.45, 2.75) is 20.0 Å². The van der Waals surface area contributed by atoms with Crippen LogP contribution in [-0.2, 0) is 15.7 Å². The first-order valence-electron chi connectivity index (χ1n) is 9.43. The van der Waals surface area contributed by atoms with E-state index < -0.39 is 34.2 Å². The van der Waals surface area contributed by atoms with Crippen molar-refractivity contribution in [1.82, 2.24) is 5.01 Å². The number of hydrogen-bond acceptors (Lipinski definition) is 4. The van der Waals surface area contributed by atoms with Crippen molar-refractivity contribution < 1.29 is 27.5 Å². The van der Waals surface area contributed by atoms with Crippen LogP contribution in [0.15, 0.2) is 52.0 Å². The van der Waals surface area contributed by atoms with Crippen LogP contribution in [0.4, 0.5) is 23.7 Å². The van der Waals surface area contributed by atoms with E-state index in [9.17, 15) is 22.8 Å². The summed E-state index contributed by atoms with van der Waals surface area (Å²) in [6, 6.07) is 9.26. The zero-order valence-electron chi connectivity index (χ0n) is 17.0. The molecule has 0 fully saturated rings. The lowest BCUT2D eigenvalue weighted by Gasteiger charge is -2.24. The second-order valence-electron chi connectivity index (χ2n) is 7.19. The van der Waals surface area contributed by atoms with Gasteiger partial charge in [0.05, 0.1) is 29.4 Å². The number of nitrogens with zero attached hydrogens (tertiary/aromatic N) is 2. The van der Waals surface area contributed by atoms with E-state index in [1.165, 1.54) is 13.0 Å². The number of ether oxygens (including phenoxy) is 1. The van der Waals surface area contributed by atoms with Gasteiger partial charge in [0.15, 0.2) is 0 Å². The van der Waals surface area contributed by atoms with Gasteiger partial charge in [-0.2, -0.15) is 18.3 Å². The lowest BCUT2D eigenvalue weighted by molar-refractivity contribution is -0.150. The topological polar surface area (TPSA) is 71.0 Å². The molecule has 1 unspecified atom stereocenters. The fraction of sp³-hybridized carbons (Fsp3) is 0.286. The molecule has 1 N–H and O–H groups in total. The second-order valence-corrected chi connectivity index (χ2v) is 8.51. The molecule has 170 valence electrons. The zero-order valence-corrected chi connectivity index (χ0v) is 19.3. The summed E-state index contributed by atoms with van der Waals surface area (Å²) >= 11 is 9.16. The number of alkyl halides is 3. The molecule has 0 saturated carbocycles. The first-order valence-corrected chi connectivity index (χ1v) is 10.6. The van der Waals surface area contributed by atoms with Gasteiger partial charge in [0.25, 0.3) is 0 Å². The first kappa shape index (κ1) is 24.1. The minimum Gasteiger partial charge on any atom is -0.465 e. The van der Waals surface area contributed by atoms with Crippen LogP contribution in [0.1, 0.15) is 25.0 Å². The number of rotatable bonds is 4. The van der Waals surface area contributed by atoms with Crippen LogP contribution < -0.4 is 5.32 Å². The van der Waals surface area contributed by atoms with Gasteiger partial charge < -0.3 is 10.1 Å². The number of hydrogen-bond donors (Lipinski definition) is 1. The van der Waals surface area contributed by atoms with Crippen molar-refractivity contribution in [1.29, 1.82) is 0 Å². The van der Waals surface area contributed by atoms with Gasteiger partial charge >= 0.3 is 18.2 Å². The van der Waals surface area contributed by atoms with Crippen LogP contribution in [-0.4, -0.2) is 35.9 Å². The fourth-order valence-electron chi connectivity index (χ4n) is 3.20. The van der Waals surface area contributed by atoms with Crippen LogP contribution in [0.25, 0.3) is 0 Å². The summed E-state index contributed by atoms with van der Waals surface area (Å²) in [5.41, 5.74) is -1.66. The largest absolute Gasteiger partial charge is 0.465 e. The maximum Gasteiger partial charge on any atom is 0.417 e. The number of anilines is 1. The molecule has 0 radical (unpaired) electrons. The van der Waals surface area contributed by atoms with E-state index in [0.717, 1.165) is 21.6 Å². The van der Waals surface area contributed by atoms with Crippen molar-refractivity contribution >= 4 is 50.9 Å². The van der Waals surface area contributed by atoms with Gasteiger partial charge in [0, 0.05) is 15.7 Å². The number of halogens is 5. The summed E-state index contributed by atoms with van der Waals surface area (Å²) in [6.45, 7) is 3.06. The molecule has 1 aliphatic heterocycles. The standard InChI is InChI=1S/C21H18BrClF3N3O3/c1-3-32-18(30)20(2)11-29(19(31)27-14-7-5-13(22)6-8-14)28-17(20)12-4-9-15(16(23)10-12)21(24,25)26/h4-10H,3,11H2,1-2H3,(H,27,31). The highest BCUT2D eigenvalue weighted by molar-refractivity contribution is 9.10. The maximum atomic E-state index is 13.1. The molecule has 1 atom stereocenters. The highest BCUT2D eigenvalue weighted by atomic mass is 79.9. The molecule has 0 aromatic heterocycles. The summed E-state index contributed by atoms with van der Waals surface area (Å²) in [6.07, 6.45) is -4.63. The van der Waals surface area contributed by atoms with Gasteiger partial charge in [-0.1, -0.05) is 33.6 Å². The Bertz CT molecular complexity index is 1080. The number of urea groups is 1. The molecular weight excluding hydrogens is 515 g/mol. The number of carbonyl (C=O) groups excluding carboxylic acids is 2. The van der Waals surface area contributed by atoms with Crippen LogP contribution in [0.5, 0.6) is 0 Å². The number of carbonyl (C=O) groups is 2. The molecule has 11 heteroatoms. The predicted molar refractivity (Wildman–Crippen MR) is 118 cm³/mol. The third-order valence-electron chi connectivity index (χ3n) is 4.81. The van der Waals surface area contributed by atoms with Gasteiger partial charge in [-0.3, -0.25) is 4.79 Å². The lowest BCUT2D eigenvalue weighted by Crippen LogP contribution is -2.42. The van der Waals surface area contributed by atoms with E-state index in [1.807, 2.05) is 0 Å². The monoisotopic (exact) mass is 531 g/mol. The Morgan fingerprint density at radius 2 is 1.91 bits per heavy atom. The van der Waals surface area contributed by atoms with E-state index >= 15 is 0 Å².